The summed E-state index contributed by atoms with van der Waals surface area (Å²) in [4.78, 5) is 14.3. The number of ether oxygens (including phenoxy) is 2. The minimum Gasteiger partial charge on any atom is -0.497 e. The van der Waals surface area contributed by atoms with Crippen molar-refractivity contribution in [3.8, 4) is 16.9 Å². The summed E-state index contributed by atoms with van der Waals surface area (Å²) in [5.74, 6) is 1.25. The smallest absolute Gasteiger partial charge is 0.253 e. The van der Waals surface area contributed by atoms with Crippen molar-refractivity contribution in [3.05, 3.63) is 90.7 Å². The van der Waals surface area contributed by atoms with E-state index in [0.717, 1.165) is 22.4 Å². The molecule has 1 amide bonds. The van der Waals surface area contributed by atoms with Crippen molar-refractivity contribution in [2.24, 2.45) is 0 Å². The van der Waals surface area contributed by atoms with Gasteiger partial charge in [-0.1, -0.05) is 43.5 Å². The number of hydrogen-bond donors (Lipinski definition) is 0. The fraction of sp³-hybridized carbons (Fsp3) is 0.174. The van der Waals surface area contributed by atoms with Crippen LogP contribution in [0.2, 0.25) is 0 Å². The largest absolute Gasteiger partial charge is 0.497 e. The predicted molar refractivity (Wildman–Crippen MR) is 110 cm³/mol. The van der Waals surface area contributed by atoms with Gasteiger partial charge in [-0.25, -0.2) is 0 Å². The van der Waals surface area contributed by atoms with Gasteiger partial charge in [-0.05, 0) is 47.0 Å². The molecule has 0 saturated carbocycles. The average molecular weight is 363 g/mol. The molecular formula is C23H25NO3. The Kier molecular flexibility index (Phi) is 7.00. The number of carbonyl (C=O) groups excluding carboxylic acids is 1. The molecule has 0 atom stereocenters. The molecule has 0 N–H and O–H groups in total. The first-order valence-corrected chi connectivity index (χ1v) is 8.54. The van der Waals surface area contributed by atoms with E-state index in [-0.39, 0.29) is 5.91 Å². The second kappa shape index (κ2) is 9.43. The zero-order chi connectivity index (χ0) is 19.8. The van der Waals surface area contributed by atoms with Gasteiger partial charge >= 0.3 is 0 Å². The molecule has 0 aliphatic carbocycles. The van der Waals surface area contributed by atoms with Crippen LogP contribution in [0, 0.1) is 0 Å². The SMILES string of the molecule is C=C/C(=C\C(=C)OC)CN(C)C(=O)c1ccc(-c2cccc(OC)c2)cc1. The van der Waals surface area contributed by atoms with Crippen molar-refractivity contribution in [2.75, 3.05) is 27.8 Å². The van der Waals surface area contributed by atoms with Crippen LogP contribution in [-0.2, 0) is 4.74 Å². The molecule has 0 radical (unpaired) electrons. The Morgan fingerprint density at radius 3 is 2.41 bits per heavy atom. The summed E-state index contributed by atoms with van der Waals surface area (Å²) in [7, 11) is 4.95. The molecule has 0 aliphatic heterocycles. The Labute approximate surface area is 161 Å². The lowest BCUT2D eigenvalue weighted by atomic mass is 10.0. The summed E-state index contributed by atoms with van der Waals surface area (Å²) >= 11 is 0. The lowest BCUT2D eigenvalue weighted by Gasteiger charge is -2.18. The van der Waals surface area contributed by atoms with Crippen molar-refractivity contribution in [1.29, 1.82) is 0 Å². The number of likely N-dealkylation sites (N-methyl/N-ethyl adjacent to an activating group) is 1. The molecule has 2 aromatic carbocycles. The summed E-state index contributed by atoms with van der Waals surface area (Å²) in [5, 5.41) is 0. The Morgan fingerprint density at radius 1 is 1.11 bits per heavy atom. The third-order valence-electron chi connectivity index (χ3n) is 4.17. The predicted octanol–water partition coefficient (Wildman–Crippen LogP) is 4.71. The molecule has 0 heterocycles. The first-order chi connectivity index (χ1) is 13.0. The van der Waals surface area contributed by atoms with Crippen LogP contribution in [0.1, 0.15) is 10.4 Å². The summed E-state index contributed by atoms with van der Waals surface area (Å²) in [6, 6.07) is 15.4. The molecular weight excluding hydrogens is 338 g/mol. The van der Waals surface area contributed by atoms with Crippen LogP contribution < -0.4 is 4.74 Å². The third kappa shape index (κ3) is 5.35. The first-order valence-electron chi connectivity index (χ1n) is 8.54. The number of hydrogen-bond acceptors (Lipinski definition) is 3. The number of benzene rings is 2. The third-order valence-corrected chi connectivity index (χ3v) is 4.17. The molecule has 0 saturated heterocycles. The highest BCUT2D eigenvalue weighted by atomic mass is 16.5. The van der Waals surface area contributed by atoms with Crippen LogP contribution in [0.5, 0.6) is 5.75 Å². The van der Waals surface area contributed by atoms with Crippen molar-refractivity contribution < 1.29 is 14.3 Å². The van der Waals surface area contributed by atoms with Crippen LogP contribution >= 0.6 is 0 Å². The lowest BCUT2D eigenvalue weighted by Crippen LogP contribution is -2.28. The fourth-order valence-corrected chi connectivity index (χ4v) is 2.61. The molecule has 140 valence electrons. The van der Waals surface area contributed by atoms with Crippen molar-refractivity contribution in [2.45, 2.75) is 0 Å². The van der Waals surface area contributed by atoms with Crippen LogP contribution in [0.25, 0.3) is 11.1 Å². The average Bonchev–Trinajstić information content (AvgIpc) is 2.72. The van der Waals surface area contributed by atoms with Gasteiger partial charge in [0.15, 0.2) is 0 Å². The van der Waals surface area contributed by atoms with Crippen molar-refractivity contribution >= 4 is 5.91 Å². The van der Waals surface area contributed by atoms with Crippen molar-refractivity contribution in [1.82, 2.24) is 4.90 Å². The molecule has 0 aromatic heterocycles. The summed E-state index contributed by atoms with van der Waals surface area (Å²) in [6.07, 6.45) is 3.46. The highest BCUT2D eigenvalue weighted by Crippen LogP contribution is 2.24. The number of allylic oxidation sites excluding steroid dienone is 1. The van der Waals surface area contributed by atoms with E-state index in [1.807, 2.05) is 48.5 Å². The van der Waals surface area contributed by atoms with Crippen LogP contribution in [0.15, 0.2) is 85.2 Å². The summed E-state index contributed by atoms with van der Waals surface area (Å²) in [5.41, 5.74) is 3.54. The Hall–Kier alpha value is -3.27. The van der Waals surface area contributed by atoms with E-state index in [1.165, 1.54) is 0 Å². The van der Waals surface area contributed by atoms with E-state index in [4.69, 9.17) is 9.47 Å². The van der Waals surface area contributed by atoms with Crippen molar-refractivity contribution in [3.63, 3.8) is 0 Å². The van der Waals surface area contributed by atoms with Gasteiger partial charge < -0.3 is 14.4 Å². The molecule has 4 heteroatoms. The van der Waals surface area contributed by atoms with E-state index < -0.39 is 0 Å². The zero-order valence-electron chi connectivity index (χ0n) is 16.1. The molecule has 0 spiro atoms. The highest BCUT2D eigenvalue weighted by Gasteiger charge is 2.13. The van der Waals surface area contributed by atoms with Crippen LogP contribution in [-0.4, -0.2) is 38.6 Å². The molecule has 4 nitrogen and oxygen atoms in total. The van der Waals surface area contributed by atoms with Crippen LogP contribution in [0.4, 0.5) is 0 Å². The lowest BCUT2D eigenvalue weighted by molar-refractivity contribution is 0.0807. The van der Waals surface area contributed by atoms with E-state index in [9.17, 15) is 4.79 Å². The Bertz CT molecular complexity index is 850. The molecule has 2 aromatic rings. The van der Waals surface area contributed by atoms with E-state index >= 15 is 0 Å². The number of carbonyl (C=O) groups is 1. The van der Waals surface area contributed by atoms with Gasteiger partial charge in [0.2, 0.25) is 0 Å². The maximum atomic E-state index is 12.7. The van der Waals surface area contributed by atoms with Gasteiger partial charge in [-0.3, -0.25) is 4.79 Å². The van der Waals surface area contributed by atoms with Gasteiger partial charge in [0.05, 0.1) is 14.2 Å². The monoisotopic (exact) mass is 363 g/mol. The number of rotatable bonds is 8. The van der Waals surface area contributed by atoms with Gasteiger partial charge in [0.1, 0.15) is 11.5 Å². The van der Waals surface area contributed by atoms with Gasteiger partial charge in [-0.15, -0.1) is 0 Å². The minimum absolute atomic E-state index is 0.0667. The summed E-state index contributed by atoms with van der Waals surface area (Å²) in [6.45, 7) is 7.96. The minimum atomic E-state index is -0.0667. The molecule has 27 heavy (non-hydrogen) atoms. The molecule has 0 fully saturated rings. The second-order valence-electron chi connectivity index (χ2n) is 6.06. The maximum absolute atomic E-state index is 12.7. The van der Waals surface area contributed by atoms with E-state index in [2.05, 4.69) is 13.2 Å². The zero-order valence-corrected chi connectivity index (χ0v) is 16.1. The van der Waals surface area contributed by atoms with Gasteiger partial charge in [0, 0.05) is 19.2 Å². The molecule has 0 aliphatic rings. The highest BCUT2D eigenvalue weighted by molar-refractivity contribution is 5.94. The first kappa shape index (κ1) is 20.0. The molecule has 0 bridgehead atoms. The number of nitrogens with zero attached hydrogens (tertiary/aromatic N) is 1. The van der Waals surface area contributed by atoms with E-state index in [1.54, 1.807) is 38.3 Å². The van der Waals surface area contributed by atoms with Gasteiger partial charge in [-0.2, -0.15) is 0 Å². The quantitative estimate of drug-likeness (QED) is 0.504. The fourth-order valence-electron chi connectivity index (χ4n) is 2.61. The molecule has 0 unspecified atom stereocenters. The van der Waals surface area contributed by atoms with Crippen LogP contribution in [0.3, 0.4) is 0 Å². The standard InChI is InChI=1S/C23H25NO3/c1-6-18(14-17(2)26-4)16-24(3)23(25)20-12-10-19(11-13-20)21-8-7-9-22(15-21)27-5/h6-15H,1-2,16H2,3-5H3/b18-14+. The molecule has 2 rings (SSSR count). The summed E-state index contributed by atoms with van der Waals surface area (Å²) < 4.78 is 10.3. The number of methoxy groups -OCH3 is 2. The van der Waals surface area contributed by atoms with Gasteiger partial charge in [0.25, 0.3) is 5.91 Å². The maximum Gasteiger partial charge on any atom is 0.253 e. The Balaban J connectivity index is 2.13. The topological polar surface area (TPSA) is 38.8 Å². The normalized spacial score (nSPS) is 10.9. The Morgan fingerprint density at radius 2 is 1.81 bits per heavy atom. The van der Waals surface area contributed by atoms with E-state index in [0.29, 0.717) is 17.9 Å². The second-order valence-corrected chi connectivity index (χ2v) is 6.06. The number of amides is 1.